The van der Waals surface area contributed by atoms with E-state index in [2.05, 4.69) is 15.5 Å². The van der Waals surface area contributed by atoms with Crippen LogP contribution in [-0.2, 0) is 9.59 Å². The molecule has 0 bridgehead atoms. The molecule has 2 saturated heterocycles. The Morgan fingerprint density at radius 3 is 3.00 bits per heavy atom. The maximum absolute atomic E-state index is 12.1. The summed E-state index contributed by atoms with van der Waals surface area (Å²) >= 11 is 0. The Morgan fingerprint density at radius 1 is 1.35 bits per heavy atom. The zero-order chi connectivity index (χ0) is 14.4. The van der Waals surface area contributed by atoms with Crippen LogP contribution in [0, 0.1) is 5.92 Å². The third kappa shape index (κ3) is 3.93. The lowest BCUT2D eigenvalue weighted by atomic mass is 9.94. The van der Waals surface area contributed by atoms with Crippen molar-refractivity contribution in [2.45, 2.75) is 38.1 Å². The Kier molecular flexibility index (Phi) is 5.79. The Bertz CT molecular complexity index is 348. The first-order valence-electron chi connectivity index (χ1n) is 7.72. The first kappa shape index (κ1) is 15.3. The number of carbonyl (C=O) groups excluding carboxylic acids is 2. The predicted molar refractivity (Wildman–Crippen MR) is 77.0 cm³/mol. The fourth-order valence-corrected chi connectivity index (χ4v) is 3.11. The standard InChI is InChI=1S/C14H26N4O2/c15-6-8-17-13(19)11-4-3-9-18(10-11)12-5-1-2-7-16-14(12)20/h11-12H,1-10,15H2,(H,16,20)(H,17,19). The quantitative estimate of drug-likeness (QED) is 0.645. The monoisotopic (exact) mass is 282 g/mol. The molecule has 114 valence electrons. The molecule has 2 fully saturated rings. The number of hydrogen-bond donors (Lipinski definition) is 3. The minimum atomic E-state index is -0.0531. The minimum absolute atomic E-state index is 0.00801. The summed E-state index contributed by atoms with van der Waals surface area (Å²) in [5.41, 5.74) is 5.41. The maximum atomic E-state index is 12.1. The first-order valence-corrected chi connectivity index (χ1v) is 7.72. The van der Waals surface area contributed by atoms with Gasteiger partial charge in [-0.3, -0.25) is 14.5 Å². The molecule has 0 radical (unpaired) electrons. The molecule has 4 N–H and O–H groups in total. The molecule has 2 amide bonds. The molecule has 0 aliphatic carbocycles. The normalized spacial score (nSPS) is 28.6. The Balaban J connectivity index is 1.91. The number of piperidine rings is 1. The van der Waals surface area contributed by atoms with Gasteiger partial charge in [-0.25, -0.2) is 0 Å². The van der Waals surface area contributed by atoms with E-state index >= 15 is 0 Å². The zero-order valence-electron chi connectivity index (χ0n) is 12.1. The highest BCUT2D eigenvalue weighted by Gasteiger charge is 2.33. The van der Waals surface area contributed by atoms with Crippen LogP contribution < -0.4 is 16.4 Å². The third-order valence-corrected chi connectivity index (χ3v) is 4.21. The van der Waals surface area contributed by atoms with Crippen LogP contribution in [0.1, 0.15) is 32.1 Å². The van der Waals surface area contributed by atoms with Gasteiger partial charge in [0.15, 0.2) is 0 Å². The molecule has 0 aromatic rings. The van der Waals surface area contributed by atoms with Crippen LogP contribution in [0.15, 0.2) is 0 Å². The van der Waals surface area contributed by atoms with Crippen molar-refractivity contribution in [2.75, 3.05) is 32.7 Å². The average molecular weight is 282 g/mol. The van der Waals surface area contributed by atoms with Gasteiger partial charge in [0.05, 0.1) is 12.0 Å². The van der Waals surface area contributed by atoms with Crippen LogP contribution in [0.5, 0.6) is 0 Å². The Hall–Kier alpha value is -1.14. The molecule has 0 spiro atoms. The van der Waals surface area contributed by atoms with E-state index in [1.807, 2.05) is 0 Å². The second kappa shape index (κ2) is 7.59. The summed E-state index contributed by atoms with van der Waals surface area (Å²) in [5, 5.41) is 5.83. The summed E-state index contributed by atoms with van der Waals surface area (Å²) in [6, 6.07) is -0.0531. The summed E-state index contributed by atoms with van der Waals surface area (Å²) in [7, 11) is 0. The number of nitrogens with two attached hydrogens (primary N) is 1. The van der Waals surface area contributed by atoms with E-state index in [-0.39, 0.29) is 23.8 Å². The summed E-state index contributed by atoms with van der Waals surface area (Å²) < 4.78 is 0. The summed E-state index contributed by atoms with van der Waals surface area (Å²) in [6.07, 6.45) is 4.91. The topological polar surface area (TPSA) is 87.5 Å². The largest absolute Gasteiger partial charge is 0.355 e. The molecule has 0 aromatic heterocycles. The fraction of sp³-hybridized carbons (Fsp3) is 0.857. The molecule has 0 saturated carbocycles. The number of hydrogen-bond acceptors (Lipinski definition) is 4. The van der Waals surface area contributed by atoms with Gasteiger partial charge < -0.3 is 16.4 Å². The van der Waals surface area contributed by atoms with E-state index in [9.17, 15) is 9.59 Å². The van der Waals surface area contributed by atoms with Gasteiger partial charge in [0.25, 0.3) is 0 Å². The van der Waals surface area contributed by atoms with E-state index in [1.165, 1.54) is 0 Å². The molecule has 2 unspecified atom stereocenters. The van der Waals surface area contributed by atoms with E-state index in [0.717, 1.165) is 45.2 Å². The van der Waals surface area contributed by atoms with Gasteiger partial charge in [-0.2, -0.15) is 0 Å². The third-order valence-electron chi connectivity index (χ3n) is 4.21. The molecule has 0 aromatic carbocycles. The molecular formula is C14H26N4O2. The number of amides is 2. The first-order chi connectivity index (χ1) is 9.72. The van der Waals surface area contributed by atoms with Crippen molar-refractivity contribution >= 4 is 11.8 Å². The molecule has 2 atom stereocenters. The van der Waals surface area contributed by atoms with E-state index in [0.29, 0.717) is 19.6 Å². The van der Waals surface area contributed by atoms with Gasteiger partial charge in [-0.05, 0) is 38.6 Å². The molecular weight excluding hydrogens is 256 g/mol. The summed E-state index contributed by atoms with van der Waals surface area (Å²) in [4.78, 5) is 26.3. The van der Waals surface area contributed by atoms with Gasteiger partial charge >= 0.3 is 0 Å². The van der Waals surface area contributed by atoms with Crippen molar-refractivity contribution in [1.29, 1.82) is 0 Å². The highest BCUT2D eigenvalue weighted by Crippen LogP contribution is 2.22. The zero-order valence-corrected chi connectivity index (χ0v) is 12.1. The van der Waals surface area contributed by atoms with Crippen molar-refractivity contribution in [3.05, 3.63) is 0 Å². The number of carbonyl (C=O) groups is 2. The lowest BCUT2D eigenvalue weighted by Crippen LogP contribution is -2.52. The maximum Gasteiger partial charge on any atom is 0.237 e. The van der Waals surface area contributed by atoms with E-state index in [1.54, 1.807) is 0 Å². The molecule has 20 heavy (non-hydrogen) atoms. The molecule has 6 nitrogen and oxygen atoms in total. The highest BCUT2D eigenvalue weighted by molar-refractivity contribution is 5.82. The van der Waals surface area contributed by atoms with Crippen molar-refractivity contribution in [3.8, 4) is 0 Å². The van der Waals surface area contributed by atoms with Gasteiger partial charge in [-0.15, -0.1) is 0 Å². The van der Waals surface area contributed by atoms with Crippen LogP contribution in [0.2, 0.25) is 0 Å². The minimum Gasteiger partial charge on any atom is -0.355 e. The van der Waals surface area contributed by atoms with Crippen LogP contribution in [-0.4, -0.2) is 55.5 Å². The van der Waals surface area contributed by atoms with Gasteiger partial charge in [-0.1, -0.05) is 0 Å². The van der Waals surface area contributed by atoms with Gasteiger partial charge in [0.2, 0.25) is 11.8 Å². The number of nitrogens with zero attached hydrogens (tertiary/aromatic N) is 1. The Morgan fingerprint density at radius 2 is 2.20 bits per heavy atom. The second-order valence-electron chi connectivity index (χ2n) is 5.72. The van der Waals surface area contributed by atoms with Crippen molar-refractivity contribution < 1.29 is 9.59 Å². The smallest absolute Gasteiger partial charge is 0.237 e. The lowest BCUT2D eigenvalue weighted by Gasteiger charge is -2.36. The Labute approximate surface area is 120 Å². The molecule has 2 heterocycles. The van der Waals surface area contributed by atoms with Crippen LogP contribution >= 0.6 is 0 Å². The van der Waals surface area contributed by atoms with Crippen molar-refractivity contribution in [1.82, 2.24) is 15.5 Å². The number of nitrogens with one attached hydrogen (secondary N) is 2. The number of rotatable bonds is 4. The van der Waals surface area contributed by atoms with Crippen molar-refractivity contribution in [2.24, 2.45) is 11.7 Å². The van der Waals surface area contributed by atoms with Crippen molar-refractivity contribution in [3.63, 3.8) is 0 Å². The van der Waals surface area contributed by atoms with Crippen LogP contribution in [0.25, 0.3) is 0 Å². The van der Waals surface area contributed by atoms with Crippen LogP contribution in [0.3, 0.4) is 0 Å². The second-order valence-corrected chi connectivity index (χ2v) is 5.72. The number of likely N-dealkylation sites (tertiary alicyclic amines) is 1. The predicted octanol–water partition coefficient (Wildman–Crippen LogP) is -0.558. The van der Waals surface area contributed by atoms with Gasteiger partial charge in [0, 0.05) is 26.2 Å². The molecule has 2 rings (SSSR count). The molecule has 2 aliphatic rings. The lowest BCUT2D eigenvalue weighted by molar-refractivity contribution is -0.131. The fourth-order valence-electron chi connectivity index (χ4n) is 3.11. The van der Waals surface area contributed by atoms with E-state index in [4.69, 9.17) is 5.73 Å². The summed E-state index contributed by atoms with van der Waals surface area (Å²) in [5.74, 6) is 0.200. The SMILES string of the molecule is NCCNC(=O)C1CCCN(C2CCCCNC2=O)C1. The van der Waals surface area contributed by atoms with Crippen LogP contribution in [0.4, 0.5) is 0 Å². The molecule has 2 aliphatic heterocycles. The van der Waals surface area contributed by atoms with Gasteiger partial charge in [0.1, 0.15) is 0 Å². The average Bonchev–Trinajstić information content (AvgIpc) is 2.69. The highest BCUT2D eigenvalue weighted by atomic mass is 16.2. The van der Waals surface area contributed by atoms with E-state index < -0.39 is 0 Å². The summed E-state index contributed by atoms with van der Waals surface area (Å²) in [6.45, 7) is 3.38. The molecule has 6 heteroatoms.